The second-order valence-corrected chi connectivity index (χ2v) is 2.33. The number of alkyl halides is 2. The van der Waals surface area contributed by atoms with Gasteiger partial charge in [-0.05, 0) is 0 Å². The normalized spacial score (nSPS) is 11.3. The van der Waals surface area contributed by atoms with Crippen molar-refractivity contribution in [2.45, 2.75) is 12.3 Å². The van der Waals surface area contributed by atoms with Crippen molar-refractivity contribution in [2.24, 2.45) is 5.73 Å². The number of hydrogen-bond donors (Lipinski definition) is 3. The van der Waals surface area contributed by atoms with E-state index in [-0.39, 0.29) is 13.0 Å². The zero-order chi connectivity index (χ0) is 9.61. The van der Waals surface area contributed by atoms with Gasteiger partial charge in [0.05, 0.1) is 6.54 Å². The second-order valence-electron chi connectivity index (χ2n) is 2.33. The highest BCUT2D eigenvalue weighted by molar-refractivity contribution is 5.76. The van der Waals surface area contributed by atoms with Gasteiger partial charge in [-0.25, -0.2) is 8.78 Å². The Morgan fingerprint density at radius 2 is 2.17 bits per heavy atom. The molecule has 0 fully saturated rings. The van der Waals surface area contributed by atoms with Crippen LogP contribution in [0.1, 0.15) is 6.42 Å². The monoisotopic (exact) mass is 182 g/mol. The number of rotatable bonds is 5. The van der Waals surface area contributed by atoms with E-state index in [9.17, 15) is 13.6 Å². The number of nitrogens with one attached hydrogen (secondary N) is 1. The van der Waals surface area contributed by atoms with Gasteiger partial charge in [-0.2, -0.15) is 0 Å². The quantitative estimate of drug-likeness (QED) is 0.514. The first-order valence-corrected chi connectivity index (χ1v) is 3.47. The van der Waals surface area contributed by atoms with E-state index in [4.69, 9.17) is 10.8 Å². The molecule has 0 unspecified atom stereocenters. The Labute approximate surface area is 68.7 Å². The summed E-state index contributed by atoms with van der Waals surface area (Å²) in [6.07, 6.45) is 0.0154. The zero-order valence-corrected chi connectivity index (χ0v) is 6.52. The van der Waals surface area contributed by atoms with Crippen LogP contribution in [0, 0.1) is 0 Å². The van der Waals surface area contributed by atoms with E-state index in [0.717, 1.165) is 0 Å². The van der Waals surface area contributed by atoms with Crippen LogP contribution in [0.5, 0.6) is 0 Å². The lowest BCUT2D eigenvalue weighted by Crippen LogP contribution is -2.39. The van der Waals surface area contributed by atoms with Crippen molar-refractivity contribution in [1.82, 2.24) is 5.32 Å². The standard InChI is InChI=1S/C6H12F2N2O2/c7-6(8,4-11)3-10-5(12)1-2-9/h11H,1-4,9H2,(H,10,12). The van der Waals surface area contributed by atoms with E-state index in [2.05, 4.69) is 0 Å². The zero-order valence-electron chi connectivity index (χ0n) is 6.52. The van der Waals surface area contributed by atoms with Crippen molar-refractivity contribution in [1.29, 1.82) is 0 Å². The summed E-state index contributed by atoms with van der Waals surface area (Å²) in [6.45, 7) is -1.99. The highest BCUT2D eigenvalue weighted by Crippen LogP contribution is 2.09. The smallest absolute Gasteiger partial charge is 0.287 e. The van der Waals surface area contributed by atoms with Crippen LogP contribution in [0.25, 0.3) is 0 Å². The second kappa shape index (κ2) is 5.00. The molecule has 0 saturated heterocycles. The van der Waals surface area contributed by atoms with Gasteiger partial charge in [-0.3, -0.25) is 4.79 Å². The fourth-order valence-electron chi connectivity index (χ4n) is 0.503. The molecule has 0 aromatic heterocycles. The highest BCUT2D eigenvalue weighted by atomic mass is 19.3. The van der Waals surface area contributed by atoms with E-state index in [1.54, 1.807) is 0 Å². The number of halogens is 2. The minimum absolute atomic E-state index is 0.0154. The largest absolute Gasteiger partial charge is 0.390 e. The van der Waals surface area contributed by atoms with Gasteiger partial charge < -0.3 is 16.2 Å². The third kappa shape index (κ3) is 4.97. The molecule has 0 radical (unpaired) electrons. The molecule has 0 aliphatic heterocycles. The molecule has 6 heteroatoms. The van der Waals surface area contributed by atoms with Gasteiger partial charge in [0, 0.05) is 13.0 Å². The summed E-state index contributed by atoms with van der Waals surface area (Å²) in [7, 11) is 0. The Hall–Kier alpha value is -0.750. The predicted octanol–water partition coefficient (Wildman–Crippen LogP) is -0.921. The van der Waals surface area contributed by atoms with Crippen molar-refractivity contribution in [3.8, 4) is 0 Å². The lowest BCUT2D eigenvalue weighted by molar-refractivity contribution is -0.123. The lowest BCUT2D eigenvalue weighted by Gasteiger charge is -2.13. The topological polar surface area (TPSA) is 75.4 Å². The number of aliphatic hydroxyl groups excluding tert-OH is 1. The Kier molecular flexibility index (Phi) is 4.68. The van der Waals surface area contributed by atoms with Gasteiger partial charge >= 0.3 is 0 Å². The van der Waals surface area contributed by atoms with E-state index in [1.807, 2.05) is 5.32 Å². The summed E-state index contributed by atoms with van der Waals surface area (Å²) in [6, 6.07) is 0. The average molecular weight is 182 g/mol. The summed E-state index contributed by atoms with van der Waals surface area (Å²) in [4.78, 5) is 10.6. The molecule has 0 saturated carbocycles. The Morgan fingerprint density at radius 3 is 2.58 bits per heavy atom. The van der Waals surface area contributed by atoms with E-state index < -0.39 is 25.0 Å². The summed E-state index contributed by atoms with van der Waals surface area (Å²) in [5.41, 5.74) is 5.00. The highest BCUT2D eigenvalue weighted by Gasteiger charge is 2.27. The van der Waals surface area contributed by atoms with Gasteiger partial charge in [0.1, 0.15) is 6.61 Å². The number of carbonyl (C=O) groups is 1. The van der Waals surface area contributed by atoms with Gasteiger partial charge in [0.25, 0.3) is 5.92 Å². The molecule has 72 valence electrons. The van der Waals surface area contributed by atoms with E-state index in [1.165, 1.54) is 0 Å². The molecule has 0 atom stereocenters. The van der Waals surface area contributed by atoms with Crippen molar-refractivity contribution in [3.05, 3.63) is 0 Å². The van der Waals surface area contributed by atoms with Crippen LogP contribution < -0.4 is 11.1 Å². The summed E-state index contributed by atoms with van der Waals surface area (Å²) < 4.78 is 24.5. The van der Waals surface area contributed by atoms with Gasteiger partial charge in [0.15, 0.2) is 0 Å². The van der Waals surface area contributed by atoms with Crippen LogP contribution in [0.4, 0.5) is 8.78 Å². The molecule has 0 aromatic rings. The van der Waals surface area contributed by atoms with Gasteiger partial charge in [0.2, 0.25) is 5.91 Å². The van der Waals surface area contributed by atoms with Crippen molar-refractivity contribution in [3.63, 3.8) is 0 Å². The van der Waals surface area contributed by atoms with Crippen LogP contribution in [0.15, 0.2) is 0 Å². The molecular weight excluding hydrogens is 170 g/mol. The first kappa shape index (κ1) is 11.2. The van der Waals surface area contributed by atoms with Crippen LogP contribution in [0.2, 0.25) is 0 Å². The van der Waals surface area contributed by atoms with E-state index in [0.29, 0.717) is 0 Å². The maximum atomic E-state index is 12.3. The molecule has 0 aliphatic carbocycles. The van der Waals surface area contributed by atoms with Gasteiger partial charge in [-0.15, -0.1) is 0 Å². The van der Waals surface area contributed by atoms with Crippen LogP contribution in [-0.4, -0.2) is 36.6 Å². The van der Waals surface area contributed by atoms with E-state index >= 15 is 0 Å². The number of hydrogen-bond acceptors (Lipinski definition) is 3. The molecule has 12 heavy (non-hydrogen) atoms. The Bertz CT molecular complexity index is 152. The summed E-state index contributed by atoms with van der Waals surface area (Å²) in [5, 5.41) is 10.1. The van der Waals surface area contributed by atoms with Crippen molar-refractivity contribution >= 4 is 5.91 Å². The number of amides is 1. The van der Waals surface area contributed by atoms with Crippen LogP contribution in [0.3, 0.4) is 0 Å². The van der Waals surface area contributed by atoms with Crippen molar-refractivity contribution < 1.29 is 18.7 Å². The number of nitrogens with two attached hydrogens (primary N) is 1. The molecule has 0 spiro atoms. The fraction of sp³-hybridized carbons (Fsp3) is 0.833. The Balaban J connectivity index is 3.60. The fourth-order valence-corrected chi connectivity index (χ4v) is 0.503. The maximum Gasteiger partial charge on any atom is 0.287 e. The first-order chi connectivity index (χ1) is 5.52. The Morgan fingerprint density at radius 1 is 1.58 bits per heavy atom. The molecule has 0 heterocycles. The molecule has 0 aromatic carbocycles. The van der Waals surface area contributed by atoms with Crippen LogP contribution >= 0.6 is 0 Å². The summed E-state index contributed by atoms with van der Waals surface area (Å²) in [5.74, 6) is -3.78. The predicted molar refractivity (Wildman–Crippen MR) is 38.7 cm³/mol. The number of aliphatic hydroxyl groups is 1. The third-order valence-electron chi connectivity index (χ3n) is 1.15. The molecule has 0 aliphatic rings. The summed E-state index contributed by atoms with van der Waals surface area (Å²) >= 11 is 0. The minimum atomic E-state index is -3.25. The van der Waals surface area contributed by atoms with Gasteiger partial charge in [-0.1, -0.05) is 0 Å². The first-order valence-electron chi connectivity index (χ1n) is 3.47. The molecule has 1 amide bonds. The SMILES string of the molecule is NCCC(=O)NCC(F)(F)CO. The molecule has 0 bridgehead atoms. The molecule has 4 N–H and O–H groups in total. The average Bonchev–Trinajstić information content (AvgIpc) is 2.02. The number of carbonyl (C=O) groups excluding carboxylic acids is 1. The van der Waals surface area contributed by atoms with Crippen molar-refractivity contribution in [2.75, 3.05) is 19.7 Å². The lowest BCUT2D eigenvalue weighted by atomic mass is 10.3. The molecule has 0 rings (SSSR count). The minimum Gasteiger partial charge on any atom is -0.390 e. The molecular formula is C6H12F2N2O2. The van der Waals surface area contributed by atoms with Crippen LogP contribution in [-0.2, 0) is 4.79 Å². The molecule has 4 nitrogen and oxygen atoms in total. The third-order valence-corrected chi connectivity index (χ3v) is 1.15. The maximum absolute atomic E-state index is 12.3.